The van der Waals surface area contributed by atoms with Crippen LogP contribution in [0.1, 0.15) is 51.6 Å². The maximum atomic E-state index is 6.28. The molecule has 1 unspecified atom stereocenters. The van der Waals surface area contributed by atoms with Crippen molar-refractivity contribution in [3.63, 3.8) is 0 Å². The molecule has 1 aliphatic rings. The molecule has 1 aliphatic heterocycles. The maximum Gasteiger partial charge on any atom is 0.126 e. The van der Waals surface area contributed by atoms with Crippen molar-refractivity contribution in [1.29, 1.82) is 0 Å². The average molecular weight is 312 g/mol. The summed E-state index contributed by atoms with van der Waals surface area (Å²) in [5, 5.41) is 0. The van der Waals surface area contributed by atoms with Crippen LogP contribution < -0.4 is 10.5 Å². The predicted molar refractivity (Wildman–Crippen MR) is 78.8 cm³/mol. The molecule has 2 N–H and O–H groups in total. The molecule has 0 aliphatic carbocycles. The van der Waals surface area contributed by atoms with Gasteiger partial charge in [0.2, 0.25) is 0 Å². The van der Waals surface area contributed by atoms with Crippen LogP contribution >= 0.6 is 15.9 Å². The highest BCUT2D eigenvalue weighted by Gasteiger charge is 2.35. The van der Waals surface area contributed by atoms with E-state index in [1.165, 1.54) is 6.42 Å². The summed E-state index contributed by atoms with van der Waals surface area (Å²) in [6, 6.07) is 6.20. The van der Waals surface area contributed by atoms with Crippen LogP contribution in [-0.4, -0.2) is 5.60 Å². The van der Waals surface area contributed by atoms with Gasteiger partial charge in [-0.15, -0.1) is 0 Å². The van der Waals surface area contributed by atoms with Crippen molar-refractivity contribution in [3.05, 3.63) is 28.2 Å². The number of nitrogens with two attached hydrogens (primary N) is 1. The van der Waals surface area contributed by atoms with Gasteiger partial charge in [0, 0.05) is 22.5 Å². The Morgan fingerprint density at radius 2 is 2.22 bits per heavy atom. The predicted octanol–water partition coefficient (Wildman–Crippen LogP) is 4.43. The SMILES string of the molecule is CC(C)CCC1(C)C[C@H](N)c2ccc(Br)cc2O1. The summed E-state index contributed by atoms with van der Waals surface area (Å²) >= 11 is 3.49. The molecule has 0 aromatic heterocycles. The van der Waals surface area contributed by atoms with E-state index >= 15 is 0 Å². The molecule has 0 spiro atoms. The lowest BCUT2D eigenvalue weighted by atomic mass is 9.84. The highest BCUT2D eigenvalue weighted by molar-refractivity contribution is 9.10. The van der Waals surface area contributed by atoms with E-state index < -0.39 is 0 Å². The standard InChI is InChI=1S/C15H22BrNO/c1-10(2)6-7-15(3)9-13(17)12-5-4-11(16)8-14(12)18-15/h4-5,8,10,13H,6-7,9,17H2,1-3H3/t13-,15?/m0/s1. The van der Waals surface area contributed by atoms with Gasteiger partial charge in [0.05, 0.1) is 0 Å². The van der Waals surface area contributed by atoms with Crippen LogP contribution in [0.15, 0.2) is 22.7 Å². The minimum atomic E-state index is -0.127. The Kier molecular flexibility index (Phi) is 4.02. The molecular weight excluding hydrogens is 290 g/mol. The summed E-state index contributed by atoms with van der Waals surface area (Å²) in [4.78, 5) is 0. The van der Waals surface area contributed by atoms with Crippen LogP contribution in [0, 0.1) is 5.92 Å². The molecule has 100 valence electrons. The van der Waals surface area contributed by atoms with E-state index in [1.807, 2.05) is 12.1 Å². The van der Waals surface area contributed by atoms with Crippen LogP contribution in [0.2, 0.25) is 0 Å². The smallest absolute Gasteiger partial charge is 0.126 e. The van der Waals surface area contributed by atoms with Crippen molar-refractivity contribution in [2.45, 2.75) is 51.7 Å². The lowest BCUT2D eigenvalue weighted by Gasteiger charge is -2.39. The Balaban J connectivity index is 2.20. The zero-order valence-corrected chi connectivity index (χ0v) is 13.0. The minimum Gasteiger partial charge on any atom is -0.487 e. The normalized spacial score (nSPS) is 26.9. The van der Waals surface area contributed by atoms with Crippen molar-refractivity contribution in [3.8, 4) is 5.75 Å². The number of ether oxygens (including phenoxy) is 1. The van der Waals surface area contributed by atoms with Crippen molar-refractivity contribution in [1.82, 2.24) is 0 Å². The molecular formula is C15H22BrNO. The van der Waals surface area contributed by atoms with Gasteiger partial charge in [-0.25, -0.2) is 0 Å². The third-order valence-electron chi connectivity index (χ3n) is 3.63. The lowest BCUT2D eigenvalue weighted by molar-refractivity contribution is 0.0404. The largest absolute Gasteiger partial charge is 0.487 e. The van der Waals surface area contributed by atoms with Crippen LogP contribution in [0.3, 0.4) is 0 Å². The first-order valence-corrected chi connectivity index (χ1v) is 7.43. The fourth-order valence-electron chi connectivity index (χ4n) is 2.53. The second kappa shape index (κ2) is 5.22. The first-order valence-electron chi connectivity index (χ1n) is 6.64. The fraction of sp³-hybridized carbons (Fsp3) is 0.600. The number of benzene rings is 1. The monoisotopic (exact) mass is 311 g/mol. The second-order valence-corrected chi connectivity index (χ2v) is 6.89. The molecule has 0 amide bonds. The molecule has 1 aromatic rings. The van der Waals surface area contributed by atoms with Crippen LogP contribution in [0.4, 0.5) is 0 Å². The Bertz CT molecular complexity index is 433. The van der Waals surface area contributed by atoms with Gasteiger partial charge in [0.1, 0.15) is 11.4 Å². The van der Waals surface area contributed by atoms with Gasteiger partial charge in [-0.05, 0) is 37.8 Å². The second-order valence-electron chi connectivity index (χ2n) is 5.98. The molecule has 3 heteroatoms. The fourth-order valence-corrected chi connectivity index (χ4v) is 2.87. The van der Waals surface area contributed by atoms with Crippen molar-refractivity contribution in [2.24, 2.45) is 11.7 Å². The Hall–Kier alpha value is -0.540. The molecule has 0 saturated carbocycles. The summed E-state index contributed by atoms with van der Waals surface area (Å²) in [7, 11) is 0. The molecule has 0 radical (unpaired) electrons. The van der Waals surface area contributed by atoms with E-state index in [0.717, 1.165) is 28.6 Å². The van der Waals surface area contributed by atoms with E-state index in [4.69, 9.17) is 10.5 Å². The quantitative estimate of drug-likeness (QED) is 0.896. The number of hydrogen-bond donors (Lipinski definition) is 1. The maximum absolute atomic E-state index is 6.28. The van der Waals surface area contributed by atoms with Gasteiger partial charge in [0.25, 0.3) is 0 Å². The number of halogens is 1. The highest BCUT2D eigenvalue weighted by Crippen LogP contribution is 2.41. The van der Waals surface area contributed by atoms with Gasteiger partial charge in [-0.3, -0.25) is 0 Å². The van der Waals surface area contributed by atoms with Gasteiger partial charge in [0.15, 0.2) is 0 Å². The van der Waals surface area contributed by atoms with Gasteiger partial charge in [-0.2, -0.15) is 0 Å². The zero-order chi connectivity index (χ0) is 13.3. The zero-order valence-electron chi connectivity index (χ0n) is 11.4. The Morgan fingerprint density at radius 1 is 1.50 bits per heavy atom. The summed E-state index contributed by atoms with van der Waals surface area (Å²) in [5.74, 6) is 1.64. The molecule has 2 atom stereocenters. The first kappa shape index (κ1) is 13.9. The number of hydrogen-bond acceptors (Lipinski definition) is 2. The van der Waals surface area contributed by atoms with Gasteiger partial charge >= 0.3 is 0 Å². The lowest BCUT2D eigenvalue weighted by Crippen LogP contribution is -2.40. The van der Waals surface area contributed by atoms with Crippen molar-refractivity contribution < 1.29 is 4.74 Å². The molecule has 2 nitrogen and oxygen atoms in total. The molecule has 2 rings (SSSR count). The third-order valence-corrected chi connectivity index (χ3v) is 4.13. The van der Waals surface area contributed by atoms with Crippen LogP contribution in [0.25, 0.3) is 0 Å². The van der Waals surface area contributed by atoms with Gasteiger partial charge < -0.3 is 10.5 Å². The summed E-state index contributed by atoms with van der Waals surface area (Å²) in [5.41, 5.74) is 7.28. The summed E-state index contributed by atoms with van der Waals surface area (Å²) < 4.78 is 7.25. The van der Waals surface area contributed by atoms with Crippen LogP contribution in [0.5, 0.6) is 5.75 Å². The van der Waals surface area contributed by atoms with Crippen molar-refractivity contribution in [2.75, 3.05) is 0 Å². The minimum absolute atomic E-state index is 0.0824. The van der Waals surface area contributed by atoms with E-state index in [1.54, 1.807) is 0 Å². The topological polar surface area (TPSA) is 35.2 Å². The molecule has 1 heterocycles. The molecule has 0 saturated heterocycles. The average Bonchev–Trinajstić information content (AvgIpc) is 2.25. The van der Waals surface area contributed by atoms with Gasteiger partial charge in [-0.1, -0.05) is 35.8 Å². The summed E-state index contributed by atoms with van der Waals surface area (Å²) in [6.07, 6.45) is 3.13. The van der Waals surface area contributed by atoms with E-state index in [0.29, 0.717) is 5.92 Å². The molecule has 1 aromatic carbocycles. The van der Waals surface area contributed by atoms with E-state index in [2.05, 4.69) is 42.8 Å². The molecule has 0 bridgehead atoms. The van der Waals surface area contributed by atoms with Crippen LogP contribution in [-0.2, 0) is 0 Å². The number of fused-ring (bicyclic) bond motifs is 1. The Morgan fingerprint density at radius 3 is 2.89 bits per heavy atom. The highest BCUT2D eigenvalue weighted by atomic mass is 79.9. The Labute approximate surface area is 118 Å². The van der Waals surface area contributed by atoms with Crippen molar-refractivity contribution >= 4 is 15.9 Å². The molecule has 0 fully saturated rings. The summed E-state index contributed by atoms with van der Waals surface area (Å²) in [6.45, 7) is 6.67. The van der Waals surface area contributed by atoms with E-state index in [-0.39, 0.29) is 11.6 Å². The first-order chi connectivity index (χ1) is 8.39. The third kappa shape index (κ3) is 3.07. The molecule has 18 heavy (non-hydrogen) atoms. The van der Waals surface area contributed by atoms with E-state index in [9.17, 15) is 0 Å². The number of rotatable bonds is 3.